The lowest BCUT2D eigenvalue weighted by atomic mass is 10.3. The molecule has 0 bridgehead atoms. The number of aromatic nitrogens is 2. The Morgan fingerprint density at radius 3 is 2.78 bits per heavy atom. The van der Waals surface area contributed by atoms with E-state index in [4.69, 9.17) is 5.11 Å². The molecule has 0 aliphatic rings. The molecule has 5 nitrogen and oxygen atoms in total. The number of pyridine rings is 1. The normalized spacial score (nSPS) is 10.5. The van der Waals surface area contributed by atoms with Crippen LogP contribution in [0.15, 0.2) is 23.6 Å². The summed E-state index contributed by atoms with van der Waals surface area (Å²) in [6.07, 6.45) is 0. The minimum Gasteiger partial charge on any atom is -0.477 e. The fourth-order valence-corrected chi connectivity index (χ4v) is 2.12. The molecule has 0 aliphatic heterocycles. The number of carboxylic acid groups (broad SMARTS) is 1. The maximum Gasteiger partial charge on any atom is 0.354 e. The molecule has 0 atom stereocenters. The number of nitrogens with one attached hydrogen (secondary N) is 1. The van der Waals surface area contributed by atoms with Crippen molar-refractivity contribution in [2.24, 2.45) is 0 Å². The fraction of sp³-hybridized carbons (Fsp3) is 0.250. The molecule has 6 heteroatoms. The first kappa shape index (κ1) is 12.7. The molecule has 2 aromatic rings. The second kappa shape index (κ2) is 5.70. The molecular weight excluding hydrogens is 250 g/mol. The number of aromatic carboxylic acids is 1. The van der Waals surface area contributed by atoms with Gasteiger partial charge in [-0.3, -0.25) is 0 Å². The molecule has 0 fully saturated rings. The zero-order chi connectivity index (χ0) is 13.0. The third kappa shape index (κ3) is 3.35. The average molecular weight is 263 g/mol. The fourth-order valence-electron chi connectivity index (χ4n) is 1.51. The minimum absolute atomic E-state index is 0.0683. The minimum atomic E-state index is -1.01. The van der Waals surface area contributed by atoms with Gasteiger partial charge < -0.3 is 10.4 Å². The van der Waals surface area contributed by atoms with Crippen LogP contribution in [0.3, 0.4) is 0 Å². The van der Waals surface area contributed by atoms with Gasteiger partial charge in [0.2, 0.25) is 0 Å². The Bertz CT molecular complexity index is 554. The van der Waals surface area contributed by atoms with E-state index in [0.717, 1.165) is 10.7 Å². The van der Waals surface area contributed by atoms with Crippen LogP contribution >= 0.6 is 11.3 Å². The van der Waals surface area contributed by atoms with Gasteiger partial charge in [0.1, 0.15) is 5.69 Å². The molecule has 2 heterocycles. The summed E-state index contributed by atoms with van der Waals surface area (Å²) in [5.41, 5.74) is 1.77. The monoisotopic (exact) mass is 263 g/mol. The lowest BCUT2D eigenvalue weighted by Crippen LogP contribution is -2.15. The quantitative estimate of drug-likeness (QED) is 0.860. The highest BCUT2D eigenvalue weighted by atomic mass is 32.1. The first-order chi connectivity index (χ1) is 8.65. The van der Waals surface area contributed by atoms with E-state index in [-0.39, 0.29) is 5.69 Å². The highest BCUT2D eigenvalue weighted by Crippen LogP contribution is 2.07. The number of hydrogen-bond acceptors (Lipinski definition) is 5. The van der Waals surface area contributed by atoms with Gasteiger partial charge in [-0.05, 0) is 19.1 Å². The maximum atomic E-state index is 10.8. The van der Waals surface area contributed by atoms with Gasteiger partial charge in [-0.15, -0.1) is 11.3 Å². The molecule has 0 aliphatic carbocycles. The van der Waals surface area contributed by atoms with Crippen LogP contribution in [0.4, 0.5) is 0 Å². The second-order valence-corrected chi connectivity index (χ2v) is 4.84. The number of rotatable bonds is 5. The van der Waals surface area contributed by atoms with Crippen molar-refractivity contribution >= 4 is 17.3 Å². The Balaban J connectivity index is 1.90. The van der Waals surface area contributed by atoms with Crippen LogP contribution in [-0.2, 0) is 13.1 Å². The van der Waals surface area contributed by atoms with Crippen LogP contribution in [-0.4, -0.2) is 21.0 Å². The van der Waals surface area contributed by atoms with E-state index < -0.39 is 5.97 Å². The smallest absolute Gasteiger partial charge is 0.354 e. The summed E-state index contributed by atoms with van der Waals surface area (Å²) >= 11 is 1.61. The number of aryl methyl sites for hydroxylation is 1. The van der Waals surface area contributed by atoms with Crippen molar-refractivity contribution < 1.29 is 9.90 Å². The van der Waals surface area contributed by atoms with Gasteiger partial charge in [0.05, 0.1) is 16.4 Å². The number of hydrogen-bond donors (Lipinski definition) is 2. The molecule has 94 valence electrons. The van der Waals surface area contributed by atoms with Gasteiger partial charge in [0, 0.05) is 18.5 Å². The number of carboxylic acids is 1. The summed E-state index contributed by atoms with van der Waals surface area (Å²) in [6.45, 7) is 3.15. The molecular formula is C12H13N3O2S. The van der Waals surface area contributed by atoms with Gasteiger partial charge in [-0.25, -0.2) is 14.8 Å². The average Bonchev–Trinajstić information content (AvgIpc) is 2.75. The van der Waals surface area contributed by atoms with Crippen molar-refractivity contribution in [2.75, 3.05) is 0 Å². The molecule has 18 heavy (non-hydrogen) atoms. The van der Waals surface area contributed by atoms with E-state index >= 15 is 0 Å². The molecule has 0 amide bonds. The van der Waals surface area contributed by atoms with Crippen molar-refractivity contribution in [3.63, 3.8) is 0 Å². The number of thiazole rings is 1. The van der Waals surface area contributed by atoms with Crippen LogP contribution in [0.25, 0.3) is 0 Å². The molecule has 0 unspecified atom stereocenters. The number of carbonyl (C=O) groups is 1. The van der Waals surface area contributed by atoms with Gasteiger partial charge in [0.25, 0.3) is 0 Å². The zero-order valence-electron chi connectivity index (χ0n) is 9.88. The molecule has 0 radical (unpaired) electrons. The Hall–Kier alpha value is -1.79. The first-order valence-electron chi connectivity index (χ1n) is 5.46. The van der Waals surface area contributed by atoms with Crippen LogP contribution in [0.5, 0.6) is 0 Å². The van der Waals surface area contributed by atoms with Crippen LogP contribution in [0.2, 0.25) is 0 Å². The Morgan fingerprint density at radius 1 is 1.33 bits per heavy atom. The van der Waals surface area contributed by atoms with E-state index in [0.29, 0.717) is 18.8 Å². The Morgan fingerprint density at radius 2 is 2.11 bits per heavy atom. The lowest BCUT2D eigenvalue weighted by molar-refractivity contribution is 0.0690. The first-order valence-corrected chi connectivity index (χ1v) is 6.34. The molecule has 0 saturated heterocycles. The molecule has 2 aromatic heterocycles. The summed E-state index contributed by atoms with van der Waals surface area (Å²) in [5.74, 6) is -1.01. The van der Waals surface area contributed by atoms with Crippen molar-refractivity contribution in [3.05, 3.63) is 45.7 Å². The van der Waals surface area contributed by atoms with Crippen LogP contribution in [0.1, 0.15) is 26.9 Å². The molecule has 0 aromatic carbocycles. The van der Waals surface area contributed by atoms with E-state index in [1.54, 1.807) is 23.5 Å². The summed E-state index contributed by atoms with van der Waals surface area (Å²) in [7, 11) is 0. The van der Waals surface area contributed by atoms with E-state index in [9.17, 15) is 4.79 Å². The van der Waals surface area contributed by atoms with Crippen LogP contribution < -0.4 is 5.32 Å². The van der Waals surface area contributed by atoms with Crippen molar-refractivity contribution in [1.29, 1.82) is 0 Å². The summed E-state index contributed by atoms with van der Waals surface area (Å²) in [5, 5.41) is 15.1. The van der Waals surface area contributed by atoms with Gasteiger partial charge >= 0.3 is 5.97 Å². The van der Waals surface area contributed by atoms with Crippen molar-refractivity contribution in [1.82, 2.24) is 15.3 Å². The summed E-state index contributed by atoms with van der Waals surface area (Å²) < 4.78 is 0. The van der Waals surface area contributed by atoms with Gasteiger partial charge in [-0.1, -0.05) is 6.07 Å². The molecule has 0 spiro atoms. The molecule has 2 N–H and O–H groups in total. The third-order valence-corrected chi connectivity index (χ3v) is 3.13. The topological polar surface area (TPSA) is 75.1 Å². The lowest BCUT2D eigenvalue weighted by Gasteiger charge is -2.03. The van der Waals surface area contributed by atoms with E-state index in [1.165, 1.54) is 6.07 Å². The Labute approximate surface area is 109 Å². The summed E-state index contributed by atoms with van der Waals surface area (Å²) in [4.78, 5) is 19.1. The SMILES string of the molecule is Cc1nc(CNCc2cccc(C(=O)O)n2)cs1. The second-order valence-electron chi connectivity index (χ2n) is 3.78. The maximum absolute atomic E-state index is 10.8. The third-order valence-electron chi connectivity index (χ3n) is 2.30. The predicted octanol–water partition coefficient (Wildman–Crippen LogP) is 1.83. The summed E-state index contributed by atoms with van der Waals surface area (Å²) in [6, 6.07) is 4.97. The van der Waals surface area contributed by atoms with E-state index in [1.807, 2.05) is 12.3 Å². The Kier molecular flexibility index (Phi) is 4.01. The number of nitrogens with zero attached hydrogens (tertiary/aromatic N) is 2. The van der Waals surface area contributed by atoms with Crippen molar-refractivity contribution in [2.45, 2.75) is 20.0 Å². The standard InChI is InChI=1S/C12H13N3O2S/c1-8-14-10(7-18-8)6-13-5-9-3-2-4-11(15-9)12(16)17/h2-4,7,13H,5-6H2,1H3,(H,16,17). The highest BCUT2D eigenvalue weighted by molar-refractivity contribution is 7.09. The molecule has 2 rings (SSSR count). The van der Waals surface area contributed by atoms with Crippen molar-refractivity contribution in [3.8, 4) is 0 Å². The highest BCUT2D eigenvalue weighted by Gasteiger charge is 2.05. The predicted molar refractivity (Wildman–Crippen MR) is 68.6 cm³/mol. The van der Waals surface area contributed by atoms with Gasteiger partial charge in [-0.2, -0.15) is 0 Å². The van der Waals surface area contributed by atoms with Crippen LogP contribution in [0, 0.1) is 6.92 Å². The largest absolute Gasteiger partial charge is 0.477 e. The zero-order valence-corrected chi connectivity index (χ0v) is 10.7. The van der Waals surface area contributed by atoms with Gasteiger partial charge in [0.15, 0.2) is 0 Å². The van der Waals surface area contributed by atoms with E-state index in [2.05, 4.69) is 15.3 Å². The molecule has 0 saturated carbocycles.